The Morgan fingerprint density at radius 1 is 0.941 bits per heavy atom. The number of guanidine groups is 2. The van der Waals surface area contributed by atoms with Crippen molar-refractivity contribution in [2.24, 2.45) is 32.9 Å². The molecule has 192 valence electrons. The van der Waals surface area contributed by atoms with E-state index in [0.29, 0.717) is 19.3 Å². The van der Waals surface area contributed by atoms with E-state index in [-0.39, 0.29) is 49.8 Å². The summed E-state index contributed by atoms with van der Waals surface area (Å²) in [6.07, 6.45) is 2.61. The molecule has 1 heterocycles. The maximum Gasteiger partial charge on any atom is 0.326 e. The van der Waals surface area contributed by atoms with Gasteiger partial charge in [0, 0.05) is 13.1 Å². The van der Waals surface area contributed by atoms with Gasteiger partial charge in [-0.25, -0.2) is 4.79 Å². The smallest absolute Gasteiger partial charge is 0.326 e. The van der Waals surface area contributed by atoms with E-state index in [1.807, 2.05) is 0 Å². The van der Waals surface area contributed by atoms with Gasteiger partial charge in [0.25, 0.3) is 0 Å². The first-order valence-corrected chi connectivity index (χ1v) is 11.0. The van der Waals surface area contributed by atoms with E-state index < -0.39 is 36.4 Å². The van der Waals surface area contributed by atoms with E-state index in [0.717, 1.165) is 13.0 Å². The number of aliphatic carboxylic acids is 1. The highest BCUT2D eigenvalue weighted by atomic mass is 16.4. The van der Waals surface area contributed by atoms with Crippen LogP contribution in [-0.2, 0) is 19.2 Å². The Bertz CT molecular complexity index is 759. The lowest BCUT2D eigenvalue weighted by molar-refractivity contribution is -0.142. The quantitative estimate of drug-likeness (QED) is 0.0617. The molecule has 3 atom stereocenters. The van der Waals surface area contributed by atoms with E-state index in [4.69, 9.17) is 22.9 Å². The van der Waals surface area contributed by atoms with Gasteiger partial charge in [-0.05, 0) is 45.1 Å². The van der Waals surface area contributed by atoms with E-state index in [9.17, 15) is 24.3 Å². The average molecular weight is 485 g/mol. The zero-order valence-electron chi connectivity index (χ0n) is 19.1. The third-order valence-corrected chi connectivity index (χ3v) is 4.96. The summed E-state index contributed by atoms with van der Waals surface area (Å²) >= 11 is 0. The molecule has 1 aliphatic heterocycles. The summed E-state index contributed by atoms with van der Waals surface area (Å²) in [5, 5.41) is 19.8. The Hall–Kier alpha value is -3.62. The Labute approximate surface area is 197 Å². The van der Waals surface area contributed by atoms with E-state index in [1.165, 1.54) is 0 Å². The lowest BCUT2D eigenvalue weighted by Gasteiger charge is -2.21. The van der Waals surface area contributed by atoms with Crippen LogP contribution in [0, 0.1) is 0 Å². The number of nitrogens with zero attached hydrogens (tertiary/aromatic N) is 2. The molecule has 0 saturated carbocycles. The lowest BCUT2D eigenvalue weighted by Crippen LogP contribution is -2.53. The zero-order valence-corrected chi connectivity index (χ0v) is 19.1. The first kappa shape index (κ1) is 28.4. The summed E-state index contributed by atoms with van der Waals surface area (Å²) in [5.74, 6) is -2.99. The van der Waals surface area contributed by atoms with Crippen LogP contribution in [-0.4, -0.2) is 85.0 Å². The average Bonchev–Trinajstić information content (AvgIpc) is 3.30. The lowest BCUT2D eigenvalue weighted by atomic mass is 10.1. The molecule has 1 rings (SSSR count). The third kappa shape index (κ3) is 11.8. The van der Waals surface area contributed by atoms with Crippen molar-refractivity contribution in [2.75, 3.05) is 26.2 Å². The number of rotatable bonds is 15. The van der Waals surface area contributed by atoms with Crippen LogP contribution in [0.5, 0.6) is 0 Å². The maximum absolute atomic E-state index is 12.7. The Morgan fingerprint density at radius 3 is 2.03 bits per heavy atom. The molecule has 3 amide bonds. The monoisotopic (exact) mass is 484 g/mol. The van der Waals surface area contributed by atoms with Crippen molar-refractivity contribution in [3.8, 4) is 0 Å². The second kappa shape index (κ2) is 15.3. The number of nitrogens with two attached hydrogens (primary N) is 4. The van der Waals surface area contributed by atoms with E-state index in [2.05, 4.69) is 31.3 Å². The van der Waals surface area contributed by atoms with Gasteiger partial charge in [0.05, 0.1) is 12.6 Å². The van der Waals surface area contributed by atoms with Gasteiger partial charge in [-0.1, -0.05) is 0 Å². The van der Waals surface area contributed by atoms with Gasteiger partial charge in [0.2, 0.25) is 17.7 Å². The molecular formula is C19H36N10O5. The highest BCUT2D eigenvalue weighted by Crippen LogP contribution is 2.07. The molecule has 13 N–H and O–H groups in total. The van der Waals surface area contributed by atoms with Gasteiger partial charge in [0.15, 0.2) is 11.9 Å². The summed E-state index contributed by atoms with van der Waals surface area (Å²) in [6.45, 7) is 0.745. The zero-order chi connectivity index (χ0) is 25.5. The van der Waals surface area contributed by atoms with Crippen molar-refractivity contribution >= 4 is 35.6 Å². The number of nitrogens with one attached hydrogen (secondary N) is 4. The Morgan fingerprint density at radius 2 is 1.53 bits per heavy atom. The Kier molecular flexibility index (Phi) is 12.8. The molecule has 0 aliphatic carbocycles. The van der Waals surface area contributed by atoms with Crippen molar-refractivity contribution in [2.45, 2.75) is 56.7 Å². The Balaban J connectivity index is 2.60. The topological polar surface area (TPSA) is 265 Å². The standard InChI is InChI=1S/C19H36N10O5/c20-18(21)25-8-2-5-12(29-16(32)11-4-1-7-24-11)15(31)27-10-14(30)28-13(17(33)34)6-3-9-26-19(22)23/h11-13,24H,1-10H2,(H,27,31)(H,28,30)(H,29,32)(H,33,34)(H4,20,21,25)(H4,22,23,26). The van der Waals surface area contributed by atoms with Gasteiger partial charge >= 0.3 is 5.97 Å². The number of carboxylic acids is 1. The molecule has 3 unspecified atom stereocenters. The van der Waals surface area contributed by atoms with Gasteiger partial charge in [-0.3, -0.25) is 24.4 Å². The molecule has 15 heteroatoms. The molecule has 1 aliphatic rings. The fourth-order valence-corrected chi connectivity index (χ4v) is 3.25. The summed E-state index contributed by atoms with van der Waals surface area (Å²) in [6, 6.07) is -2.46. The van der Waals surface area contributed by atoms with Crippen LogP contribution in [0.2, 0.25) is 0 Å². The van der Waals surface area contributed by atoms with Gasteiger partial charge in [-0.15, -0.1) is 0 Å². The van der Waals surface area contributed by atoms with Crippen molar-refractivity contribution in [1.82, 2.24) is 21.3 Å². The molecule has 0 spiro atoms. The molecule has 0 aromatic rings. The number of carbonyl (C=O) groups is 4. The van der Waals surface area contributed by atoms with Crippen LogP contribution < -0.4 is 44.2 Å². The van der Waals surface area contributed by atoms with Crippen molar-refractivity contribution in [3.63, 3.8) is 0 Å². The molecule has 1 fully saturated rings. The SMILES string of the molecule is NC(N)=NCCCC(NC(=O)CNC(=O)C(CCCN=C(N)N)NC(=O)C1CCCN1)C(=O)O. The first-order chi connectivity index (χ1) is 16.1. The van der Waals surface area contributed by atoms with E-state index in [1.54, 1.807) is 0 Å². The predicted molar refractivity (Wildman–Crippen MR) is 125 cm³/mol. The van der Waals surface area contributed by atoms with E-state index >= 15 is 0 Å². The van der Waals surface area contributed by atoms with Crippen LogP contribution in [0.15, 0.2) is 9.98 Å². The number of hydrogen-bond acceptors (Lipinski definition) is 7. The summed E-state index contributed by atoms with van der Waals surface area (Å²) in [5.41, 5.74) is 21.0. The molecule has 1 saturated heterocycles. The minimum Gasteiger partial charge on any atom is -0.480 e. The summed E-state index contributed by atoms with van der Waals surface area (Å²) in [7, 11) is 0. The first-order valence-electron chi connectivity index (χ1n) is 11.0. The third-order valence-electron chi connectivity index (χ3n) is 4.96. The molecule has 15 nitrogen and oxygen atoms in total. The minimum absolute atomic E-state index is 0.0804. The summed E-state index contributed by atoms with van der Waals surface area (Å²) < 4.78 is 0. The molecule has 0 bridgehead atoms. The molecular weight excluding hydrogens is 448 g/mol. The van der Waals surface area contributed by atoms with Crippen molar-refractivity contribution in [3.05, 3.63) is 0 Å². The fraction of sp³-hybridized carbons (Fsp3) is 0.684. The normalized spacial score (nSPS) is 16.5. The molecule has 0 aromatic heterocycles. The summed E-state index contributed by atoms with van der Waals surface area (Å²) in [4.78, 5) is 56.3. The molecule has 0 radical (unpaired) electrons. The fourth-order valence-electron chi connectivity index (χ4n) is 3.25. The largest absolute Gasteiger partial charge is 0.480 e. The molecule has 0 aromatic carbocycles. The number of carbonyl (C=O) groups excluding carboxylic acids is 3. The van der Waals surface area contributed by atoms with Gasteiger partial charge in [-0.2, -0.15) is 0 Å². The van der Waals surface area contributed by atoms with Crippen LogP contribution >= 0.6 is 0 Å². The maximum atomic E-state index is 12.7. The number of amides is 3. The van der Waals surface area contributed by atoms with Crippen LogP contribution in [0.4, 0.5) is 0 Å². The van der Waals surface area contributed by atoms with Crippen LogP contribution in [0.3, 0.4) is 0 Å². The van der Waals surface area contributed by atoms with Crippen molar-refractivity contribution in [1.29, 1.82) is 0 Å². The number of carboxylic acid groups (broad SMARTS) is 1. The molecule has 34 heavy (non-hydrogen) atoms. The van der Waals surface area contributed by atoms with Gasteiger partial charge in [0.1, 0.15) is 12.1 Å². The highest BCUT2D eigenvalue weighted by Gasteiger charge is 2.27. The van der Waals surface area contributed by atoms with Crippen LogP contribution in [0.1, 0.15) is 38.5 Å². The second-order valence-corrected chi connectivity index (χ2v) is 7.78. The number of hydrogen-bond donors (Lipinski definition) is 9. The van der Waals surface area contributed by atoms with Crippen LogP contribution in [0.25, 0.3) is 0 Å². The highest BCUT2D eigenvalue weighted by molar-refractivity contribution is 5.92. The number of aliphatic imine (C=N–C) groups is 2. The second-order valence-electron chi connectivity index (χ2n) is 7.78. The van der Waals surface area contributed by atoms with Gasteiger partial charge < -0.3 is 49.3 Å². The minimum atomic E-state index is -1.22. The van der Waals surface area contributed by atoms with Crippen molar-refractivity contribution < 1.29 is 24.3 Å². The predicted octanol–water partition coefficient (Wildman–Crippen LogP) is -3.98.